The predicted molar refractivity (Wildman–Crippen MR) is 92.0 cm³/mol. The number of hydrogen-bond acceptors (Lipinski definition) is 4. The Hall–Kier alpha value is -0.130. The number of piperidine rings is 1. The van der Waals surface area contributed by atoms with Crippen LogP contribution in [-0.4, -0.2) is 37.5 Å². The fourth-order valence-corrected chi connectivity index (χ4v) is 5.48. The van der Waals surface area contributed by atoms with Gasteiger partial charge in [0.05, 0.1) is 10.9 Å². The zero-order valence-electron chi connectivity index (χ0n) is 13.4. The van der Waals surface area contributed by atoms with Crippen molar-refractivity contribution in [2.24, 2.45) is 5.41 Å². The van der Waals surface area contributed by atoms with E-state index < -0.39 is 0 Å². The first kappa shape index (κ1) is 16.7. The number of ether oxygens (including phenoxy) is 1. The van der Waals surface area contributed by atoms with Crippen molar-refractivity contribution in [2.75, 3.05) is 20.3 Å². The summed E-state index contributed by atoms with van der Waals surface area (Å²) >= 11 is 7.95. The minimum absolute atomic E-state index is 0.192. The van der Waals surface area contributed by atoms with Gasteiger partial charge in [-0.1, -0.05) is 11.6 Å². The Morgan fingerprint density at radius 2 is 2.23 bits per heavy atom. The average Bonchev–Trinajstić information content (AvgIpc) is 3.16. The van der Waals surface area contributed by atoms with E-state index in [9.17, 15) is 5.11 Å². The van der Waals surface area contributed by atoms with E-state index in [-0.39, 0.29) is 6.61 Å². The Labute approximate surface area is 142 Å². The Morgan fingerprint density at radius 3 is 2.86 bits per heavy atom. The van der Waals surface area contributed by atoms with Gasteiger partial charge in [-0.25, -0.2) is 0 Å². The van der Waals surface area contributed by atoms with E-state index in [0.29, 0.717) is 29.8 Å². The van der Waals surface area contributed by atoms with Crippen LogP contribution in [0.2, 0.25) is 4.34 Å². The molecule has 2 aliphatic rings. The zero-order chi connectivity index (χ0) is 15.7. The molecule has 1 saturated heterocycles. The molecule has 0 bridgehead atoms. The second kappa shape index (κ2) is 6.78. The van der Waals surface area contributed by atoms with E-state index in [4.69, 9.17) is 16.3 Å². The highest BCUT2D eigenvalue weighted by Gasteiger charge is 2.51. The molecule has 1 aromatic rings. The molecular formula is C17H26ClNO2S. The van der Waals surface area contributed by atoms with Gasteiger partial charge < -0.3 is 15.2 Å². The van der Waals surface area contributed by atoms with Crippen molar-refractivity contribution in [3.8, 4) is 0 Å². The van der Waals surface area contributed by atoms with Gasteiger partial charge >= 0.3 is 0 Å². The molecule has 0 amide bonds. The van der Waals surface area contributed by atoms with Crippen molar-refractivity contribution in [3.05, 3.63) is 20.8 Å². The number of hydrogen-bond donors (Lipinski definition) is 2. The van der Waals surface area contributed by atoms with Gasteiger partial charge in [0.1, 0.15) is 0 Å². The molecule has 22 heavy (non-hydrogen) atoms. The molecule has 3 nitrogen and oxygen atoms in total. The van der Waals surface area contributed by atoms with E-state index in [1.165, 1.54) is 23.3 Å². The van der Waals surface area contributed by atoms with E-state index in [0.717, 1.165) is 23.8 Å². The van der Waals surface area contributed by atoms with Crippen LogP contribution in [-0.2, 0) is 11.2 Å². The third-order valence-corrected chi connectivity index (χ3v) is 6.74. The molecule has 1 saturated carbocycles. The van der Waals surface area contributed by atoms with E-state index in [2.05, 4.69) is 12.2 Å². The van der Waals surface area contributed by atoms with Crippen molar-refractivity contribution in [1.29, 1.82) is 0 Å². The first-order valence-electron chi connectivity index (χ1n) is 8.22. The second-order valence-electron chi connectivity index (χ2n) is 7.00. The number of nitrogens with one attached hydrogen (secondary N) is 1. The standard InChI is InChI=1S/C17H26ClNO2S/c1-11-7-13(16-12(3-6-20)9-15(18)22-16)8-14(19-11)17(4-5-17)10-21-2/h9,11,13-14,19-20H,3-8,10H2,1-2H3. The maximum atomic E-state index is 9.30. The first-order chi connectivity index (χ1) is 10.6. The highest BCUT2D eigenvalue weighted by molar-refractivity contribution is 7.16. The lowest BCUT2D eigenvalue weighted by atomic mass is 9.80. The van der Waals surface area contributed by atoms with Gasteiger partial charge in [0.15, 0.2) is 0 Å². The lowest BCUT2D eigenvalue weighted by Crippen LogP contribution is -2.49. The van der Waals surface area contributed by atoms with Crippen LogP contribution >= 0.6 is 22.9 Å². The number of thiophene rings is 1. The molecule has 1 aromatic heterocycles. The van der Waals surface area contributed by atoms with Crippen LogP contribution in [0.25, 0.3) is 0 Å². The summed E-state index contributed by atoms with van der Waals surface area (Å²) in [7, 11) is 1.81. The maximum Gasteiger partial charge on any atom is 0.0934 e. The SMILES string of the molecule is COCC1(C2CC(c3sc(Cl)cc3CCO)CC(C)N2)CC1. The lowest BCUT2D eigenvalue weighted by molar-refractivity contribution is 0.0972. The highest BCUT2D eigenvalue weighted by Crippen LogP contribution is 2.53. The quantitative estimate of drug-likeness (QED) is 0.829. The summed E-state index contributed by atoms with van der Waals surface area (Å²) in [6.07, 6.45) is 5.56. The van der Waals surface area contributed by atoms with Crippen molar-refractivity contribution in [3.63, 3.8) is 0 Å². The molecule has 5 heteroatoms. The minimum Gasteiger partial charge on any atom is -0.396 e. The van der Waals surface area contributed by atoms with Gasteiger partial charge in [-0.15, -0.1) is 11.3 Å². The molecule has 0 spiro atoms. The third-order valence-electron chi connectivity index (χ3n) is 5.27. The van der Waals surface area contributed by atoms with Gasteiger partial charge in [0.25, 0.3) is 0 Å². The lowest BCUT2D eigenvalue weighted by Gasteiger charge is -2.39. The summed E-state index contributed by atoms with van der Waals surface area (Å²) in [5, 5.41) is 13.1. The van der Waals surface area contributed by atoms with Gasteiger partial charge in [0.2, 0.25) is 0 Å². The third kappa shape index (κ3) is 3.36. The summed E-state index contributed by atoms with van der Waals surface area (Å²) in [5.41, 5.74) is 1.59. The summed E-state index contributed by atoms with van der Waals surface area (Å²) in [5.74, 6) is 0.551. The fraction of sp³-hybridized carbons (Fsp3) is 0.765. The summed E-state index contributed by atoms with van der Waals surface area (Å²) in [4.78, 5) is 1.39. The van der Waals surface area contributed by atoms with Crippen LogP contribution in [0.3, 0.4) is 0 Å². The Kier molecular flexibility index (Phi) is 5.15. The minimum atomic E-state index is 0.192. The largest absolute Gasteiger partial charge is 0.396 e. The molecule has 0 radical (unpaired) electrons. The summed E-state index contributed by atoms with van der Waals surface area (Å²) in [6, 6.07) is 3.09. The molecule has 3 atom stereocenters. The van der Waals surface area contributed by atoms with Crippen molar-refractivity contribution < 1.29 is 9.84 Å². The van der Waals surface area contributed by atoms with Gasteiger partial charge in [-0.2, -0.15) is 0 Å². The van der Waals surface area contributed by atoms with Crippen LogP contribution < -0.4 is 5.32 Å². The summed E-state index contributed by atoms with van der Waals surface area (Å²) in [6.45, 7) is 3.33. The predicted octanol–water partition coefficient (Wildman–Crippen LogP) is 3.59. The van der Waals surface area contributed by atoms with E-state index in [1.807, 2.05) is 13.2 Å². The fourth-order valence-electron chi connectivity index (χ4n) is 4.04. The number of methoxy groups -OCH3 is 1. The smallest absolute Gasteiger partial charge is 0.0934 e. The molecule has 1 aliphatic carbocycles. The molecule has 2 fully saturated rings. The number of rotatable bonds is 6. The van der Waals surface area contributed by atoms with Gasteiger partial charge in [-0.05, 0) is 56.6 Å². The average molecular weight is 344 g/mol. The van der Waals surface area contributed by atoms with E-state index in [1.54, 1.807) is 11.3 Å². The van der Waals surface area contributed by atoms with Crippen molar-refractivity contribution in [1.82, 2.24) is 5.32 Å². The van der Waals surface area contributed by atoms with Crippen LogP contribution in [0.1, 0.15) is 49.0 Å². The zero-order valence-corrected chi connectivity index (χ0v) is 15.0. The Balaban J connectivity index is 1.79. The Bertz CT molecular complexity index is 515. The molecule has 3 rings (SSSR count). The van der Waals surface area contributed by atoms with Gasteiger partial charge in [-0.3, -0.25) is 0 Å². The van der Waals surface area contributed by atoms with Crippen LogP contribution in [0.5, 0.6) is 0 Å². The molecule has 1 aliphatic heterocycles. The van der Waals surface area contributed by atoms with Crippen LogP contribution in [0.15, 0.2) is 6.07 Å². The molecule has 2 N–H and O–H groups in total. The molecular weight excluding hydrogens is 318 g/mol. The van der Waals surface area contributed by atoms with Gasteiger partial charge in [0, 0.05) is 36.1 Å². The first-order valence-corrected chi connectivity index (χ1v) is 9.41. The number of aliphatic hydroxyl groups excluding tert-OH is 1. The van der Waals surface area contributed by atoms with Crippen LogP contribution in [0, 0.1) is 5.41 Å². The Morgan fingerprint density at radius 1 is 1.45 bits per heavy atom. The monoisotopic (exact) mass is 343 g/mol. The topological polar surface area (TPSA) is 41.5 Å². The second-order valence-corrected chi connectivity index (χ2v) is 8.71. The molecule has 124 valence electrons. The maximum absolute atomic E-state index is 9.30. The number of aliphatic hydroxyl groups is 1. The summed E-state index contributed by atoms with van der Waals surface area (Å²) < 4.78 is 6.32. The highest BCUT2D eigenvalue weighted by atomic mass is 35.5. The van der Waals surface area contributed by atoms with Crippen molar-refractivity contribution in [2.45, 2.75) is 57.0 Å². The molecule has 2 heterocycles. The van der Waals surface area contributed by atoms with E-state index >= 15 is 0 Å². The normalized spacial score (nSPS) is 30.5. The molecule has 0 aromatic carbocycles. The van der Waals surface area contributed by atoms with Crippen molar-refractivity contribution >= 4 is 22.9 Å². The van der Waals surface area contributed by atoms with Crippen LogP contribution in [0.4, 0.5) is 0 Å². The molecule has 3 unspecified atom stereocenters. The number of halogens is 1.